The first kappa shape index (κ1) is 13.7. The highest BCUT2D eigenvalue weighted by atomic mass is 35.5. The molecule has 0 radical (unpaired) electrons. The van der Waals surface area contributed by atoms with Gasteiger partial charge in [-0.25, -0.2) is 0 Å². The van der Waals surface area contributed by atoms with E-state index in [1.807, 2.05) is 18.2 Å². The fourth-order valence-corrected chi connectivity index (χ4v) is 3.20. The molecule has 0 aliphatic heterocycles. The third-order valence-corrected chi connectivity index (χ3v) is 4.46. The van der Waals surface area contributed by atoms with E-state index in [0.717, 1.165) is 16.9 Å². The van der Waals surface area contributed by atoms with Gasteiger partial charge in [-0.1, -0.05) is 36.2 Å². The van der Waals surface area contributed by atoms with Crippen molar-refractivity contribution in [2.45, 2.75) is 50.9 Å². The third kappa shape index (κ3) is 3.88. The van der Waals surface area contributed by atoms with Gasteiger partial charge >= 0.3 is 0 Å². The largest absolute Gasteiger partial charge is 0.103 e. The van der Waals surface area contributed by atoms with Crippen LogP contribution >= 0.6 is 11.6 Å². The lowest BCUT2D eigenvalue weighted by Crippen LogP contribution is -2.13. The molecule has 0 atom stereocenters. The lowest BCUT2D eigenvalue weighted by molar-refractivity contribution is 0.305. The topological polar surface area (TPSA) is 0 Å². The van der Waals surface area contributed by atoms with Gasteiger partial charge in [0.2, 0.25) is 0 Å². The SMILES string of the molecule is C=CCCCC1CCC(c2ccc(Cl)cc2)CC1. The van der Waals surface area contributed by atoms with Crippen LogP contribution in [0.3, 0.4) is 0 Å². The molecule has 0 amide bonds. The zero-order chi connectivity index (χ0) is 12.8. The van der Waals surface area contributed by atoms with Crippen molar-refractivity contribution in [3.05, 3.63) is 47.5 Å². The van der Waals surface area contributed by atoms with Crippen LogP contribution in [-0.4, -0.2) is 0 Å². The Kier molecular flexibility index (Phi) is 5.31. The number of benzene rings is 1. The van der Waals surface area contributed by atoms with Gasteiger partial charge in [0.05, 0.1) is 0 Å². The zero-order valence-corrected chi connectivity index (χ0v) is 11.8. The van der Waals surface area contributed by atoms with Crippen LogP contribution in [0.4, 0.5) is 0 Å². The molecule has 1 saturated carbocycles. The minimum atomic E-state index is 0.762. The van der Waals surface area contributed by atoms with Gasteiger partial charge in [-0.2, -0.15) is 0 Å². The van der Waals surface area contributed by atoms with Crippen molar-refractivity contribution in [3.63, 3.8) is 0 Å². The number of allylic oxidation sites excluding steroid dienone is 1. The Morgan fingerprint density at radius 2 is 1.78 bits per heavy atom. The molecule has 0 heterocycles. The summed E-state index contributed by atoms with van der Waals surface area (Å²) in [5, 5.41) is 0.844. The molecule has 0 aromatic heterocycles. The Labute approximate surface area is 116 Å². The van der Waals surface area contributed by atoms with Crippen LogP contribution in [-0.2, 0) is 0 Å². The van der Waals surface area contributed by atoms with E-state index in [-0.39, 0.29) is 0 Å². The minimum Gasteiger partial charge on any atom is -0.103 e. The molecule has 1 aliphatic rings. The third-order valence-electron chi connectivity index (χ3n) is 4.21. The Morgan fingerprint density at radius 3 is 2.39 bits per heavy atom. The normalized spacial score (nSPS) is 23.8. The standard InChI is InChI=1S/C17H23Cl/c1-2-3-4-5-14-6-8-15(9-7-14)16-10-12-17(18)13-11-16/h2,10-15H,1,3-9H2. The molecule has 0 bridgehead atoms. The second kappa shape index (κ2) is 6.99. The van der Waals surface area contributed by atoms with Gasteiger partial charge in [-0.3, -0.25) is 0 Å². The predicted octanol–water partition coefficient (Wildman–Crippen LogP) is 5.97. The van der Waals surface area contributed by atoms with Crippen molar-refractivity contribution in [1.29, 1.82) is 0 Å². The Hall–Kier alpha value is -0.750. The van der Waals surface area contributed by atoms with Gasteiger partial charge in [-0.05, 0) is 68.1 Å². The molecule has 1 aliphatic carbocycles. The number of hydrogen-bond acceptors (Lipinski definition) is 0. The molecular weight excluding hydrogens is 240 g/mol. The summed E-state index contributed by atoms with van der Waals surface area (Å²) in [5.41, 5.74) is 1.48. The van der Waals surface area contributed by atoms with E-state index in [0.29, 0.717) is 0 Å². The van der Waals surface area contributed by atoms with Gasteiger partial charge < -0.3 is 0 Å². The van der Waals surface area contributed by atoms with E-state index < -0.39 is 0 Å². The molecule has 1 fully saturated rings. The second-order valence-electron chi connectivity index (χ2n) is 5.49. The summed E-state index contributed by atoms with van der Waals surface area (Å²) < 4.78 is 0. The molecule has 0 spiro atoms. The van der Waals surface area contributed by atoms with Crippen LogP contribution in [0.25, 0.3) is 0 Å². The van der Waals surface area contributed by atoms with Crippen LogP contribution in [0.15, 0.2) is 36.9 Å². The molecule has 0 unspecified atom stereocenters. The first-order valence-corrected chi connectivity index (χ1v) is 7.53. The molecule has 0 N–H and O–H groups in total. The van der Waals surface area contributed by atoms with E-state index in [1.54, 1.807) is 0 Å². The van der Waals surface area contributed by atoms with Crippen molar-refractivity contribution in [2.75, 3.05) is 0 Å². The quantitative estimate of drug-likeness (QED) is 0.453. The summed E-state index contributed by atoms with van der Waals surface area (Å²) in [6.07, 6.45) is 11.4. The molecule has 1 aromatic rings. The molecule has 0 nitrogen and oxygen atoms in total. The average molecular weight is 263 g/mol. The number of rotatable bonds is 5. The number of halogens is 1. The lowest BCUT2D eigenvalue weighted by atomic mass is 9.77. The van der Waals surface area contributed by atoms with E-state index >= 15 is 0 Å². The van der Waals surface area contributed by atoms with E-state index in [2.05, 4.69) is 18.7 Å². The Morgan fingerprint density at radius 1 is 1.11 bits per heavy atom. The lowest BCUT2D eigenvalue weighted by Gasteiger charge is -2.28. The predicted molar refractivity (Wildman–Crippen MR) is 80.2 cm³/mol. The molecule has 18 heavy (non-hydrogen) atoms. The highest BCUT2D eigenvalue weighted by molar-refractivity contribution is 6.30. The summed E-state index contributed by atoms with van der Waals surface area (Å²) in [7, 11) is 0. The fraction of sp³-hybridized carbons (Fsp3) is 0.529. The molecular formula is C17H23Cl. The van der Waals surface area contributed by atoms with Gasteiger partial charge in [0.25, 0.3) is 0 Å². The molecule has 1 heteroatoms. The van der Waals surface area contributed by atoms with Gasteiger partial charge in [0.15, 0.2) is 0 Å². The minimum absolute atomic E-state index is 0.762. The first-order chi connectivity index (χ1) is 8.79. The molecule has 1 aromatic carbocycles. The maximum absolute atomic E-state index is 5.94. The van der Waals surface area contributed by atoms with Crippen LogP contribution in [0.2, 0.25) is 5.02 Å². The molecule has 98 valence electrons. The first-order valence-electron chi connectivity index (χ1n) is 7.16. The summed E-state index contributed by atoms with van der Waals surface area (Å²) in [6, 6.07) is 8.44. The van der Waals surface area contributed by atoms with Crippen molar-refractivity contribution in [1.82, 2.24) is 0 Å². The smallest absolute Gasteiger partial charge is 0.0406 e. The van der Waals surface area contributed by atoms with Crippen LogP contribution in [0, 0.1) is 5.92 Å². The Balaban J connectivity index is 1.79. The van der Waals surface area contributed by atoms with Crippen LogP contribution < -0.4 is 0 Å². The van der Waals surface area contributed by atoms with Gasteiger partial charge in [-0.15, -0.1) is 6.58 Å². The molecule has 0 saturated heterocycles. The maximum atomic E-state index is 5.94. The Bertz CT molecular complexity index is 358. The number of unbranched alkanes of at least 4 members (excludes halogenated alkanes) is 1. The van der Waals surface area contributed by atoms with Crippen molar-refractivity contribution in [2.24, 2.45) is 5.92 Å². The average Bonchev–Trinajstić information content (AvgIpc) is 2.41. The summed E-state index contributed by atoms with van der Waals surface area (Å²) in [5.74, 6) is 1.71. The van der Waals surface area contributed by atoms with Crippen molar-refractivity contribution >= 4 is 11.6 Å². The second-order valence-corrected chi connectivity index (χ2v) is 5.93. The van der Waals surface area contributed by atoms with Crippen LogP contribution in [0.1, 0.15) is 56.4 Å². The molecule has 2 rings (SSSR count). The summed E-state index contributed by atoms with van der Waals surface area (Å²) in [6.45, 7) is 3.79. The summed E-state index contributed by atoms with van der Waals surface area (Å²) >= 11 is 5.94. The van der Waals surface area contributed by atoms with E-state index in [1.165, 1.54) is 50.5 Å². The monoisotopic (exact) mass is 262 g/mol. The summed E-state index contributed by atoms with van der Waals surface area (Å²) in [4.78, 5) is 0. The van der Waals surface area contributed by atoms with Gasteiger partial charge in [0.1, 0.15) is 0 Å². The fourth-order valence-electron chi connectivity index (χ4n) is 3.07. The van der Waals surface area contributed by atoms with E-state index in [4.69, 9.17) is 11.6 Å². The van der Waals surface area contributed by atoms with Crippen molar-refractivity contribution in [3.8, 4) is 0 Å². The highest BCUT2D eigenvalue weighted by Gasteiger charge is 2.21. The highest BCUT2D eigenvalue weighted by Crippen LogP contribution is 2.37. The van der Waals surface area contributed by atoms with E-state index in [9.17, 15) is 0 Å². The zero-order valence-electron chi connectivity index (χ0n) is 11.1. The van der Waals surface area contributed by atoms with Crippen LogP contribution in [0.5, 0.6) is 0 Å². The van der Waals surface area contributed by atoms with Crippen molar-refractivity contribution < 1.29 is 0 Å². The number of hydrogen-bond donors (Lipinski definition) is 0. The maximum Gasteiger partial charge on any atom is 0.0406 e. The van der Waals surface area contributed by atoms with Gasteiger partial charge in [0, 0.05) is 5.02 Å².